The van der Waals surface area contributed by atoms with E-state index in [1.165, 1.54) is 4.68 Å². The highest BCUT2D eigenvalue weighted by molar-refractivity contribution is 7.13. The van der Waals surface area contributed by atoms with Gasteiger partial charge in [-0.05, 0) is 35.5 Å². The Morgan fingerprint density at radius 2 is 2.33 bits per heavy atom. The van der Waals surface area contributed by atoms with Crippen molar-refractivity contribution in [3.05, 3.63) is 39.5 Å². The van der Waals surface area contributed by atoms with Gasteiger partial charge in [0.25, 0.3) is 5.56 Å². The van der Waals surface area contributed by atoms with E-state index in [9.17, 15) is 9.59 Å². The Morgan fingerprint density at radius 1 is 1.56 bits per heavy atom. The fourth-order valence-corrected chi connectivity index (χ4v) is 2.40. The Balaban J connectivity index is 2.40. The first-order valence-electron chi connectivity index (χ1n) is 5.37. The third-order valence-electron chi connectivity index (χ3n) is 2.50. The molecule has 6 heteroatoms. The van der Waals surface area contributed by atoms with E-state index in [4.69, 9.17) is 11.6 Å². The molecular formula is C12H11ClN2O2S. The normalized spacial score (nSPS) is 10.6. The van der Waals surface area contributed by atoms with Crippen LogP contribution in [0, 0.1) is 0 Å². The predicted octanol–water partition coefficient (Wildman–Crippen LogP) is 2.21. The summed E-state index contributed by atoms with van der Waals surface area (Å²) in [5, 5.41) is 5.71. The summed E-state index contributed by atoms with van der Waals surface area (Å²) < 4.78 is 1.29. The zero-order chi connectivity index (χ0) is 13.1. The molecule has 0 unspecified atom stereocenters. The van der Waals surface area contributed by atoms with Crippen LogP contribution >= 0.6 is 22.9 Å². The van der Waals surface area contributed by atoms with Crippen molar-refractivity contribution in [3.63, 3.8) is 0 Å². The minimum atomic E-state index is -0.438. The SMILES string of the molecule is Cn1nc(-c2cccs2)cc(CCC(=O)Cl)c1=O. The van der Waals surface area contributed by atoms with Crippen molar-refractivity contribution < 1.29 is 4.79 Å². The quantitative estimate of drug-likeness (QED) is 0.808. The summed E-state index contributed by atoms with van der Waals surface area (Å²) >= 11 is 6.85. The van der Waals surface area contributed by atoms with Gasteiger partial charge in [-0.1, -0.05) is 6.07 Å². The largest absolute Gasteiger partial charge is 0.281 e. The molecule has 2 aromatic rings. The second-order valence-electron chi connectivity index (χ2n) is 3.82. The third-order valence-corrected chi connectivity index (χ3v) is 3.58. The van der Waals surface area contributed by atoms with Crippen molar-refractivity contribution in [1.29, 1.82) is 0 Å². The van der Waals surface area contributed by atoms with Gasteiger partial charge in [0, 0.05) is 19.0 Å². The molecule has 2 rings (SSSR count). The van der Waals surface area contributed by atoms with E-state index in [2.05, 4.69) is 5.10 Å². The number of aryl methyl sites for hydroxylation is 2. The van der Waals surface area contributed by atoms with Gasteiger partial charge in [0.1, 0.15) is 5.69 Å². The lowest BCUT2D eigenvalue weighted by Gasteiger charge is -2.05. The highest BCUT2D eigenvalue weighted by Crippen LogP contribution is 2.22. The molecule has 4 nitrogen and oxygen atoms in total. The number of carbonyl (C=O) groups is 1. The van der Waals surface area contributed by atoms with E-state index in [0.29, 0.717) is 12.0 Å². The van der Waals surface area contributed by atoms with E-state index in [1.54, 1.807) is 24.5 Å². The monoisotopic (exact) mass is 282 g/mol. The van der Waals surface area contributed by atoms with Crippen molar-refractivity contribution in [3.8, 4) is 10.6 Å². The number of hydrogen-bond donors (Lipinski definition) is 0. The van der Waals surface area contributed by atoms with Crippen molar-refractivity contribution in [1.82, 2.24) is 9.78 Å². The molecule has 0 aliphatic heterocycles. The lowest BCUT2D eigenvalue weighted by molar-refractivity contribution is -0.111. The summed E-state index contributed by atoms with van der Waals surface area (Å²) in [4.78, 5) is 23.6. The van der Waals surface area contributed by atoms with Crippen molar-refractivity contribution >= 4 is 28.2 Å². The molecule has 0 radical (unpaired) electrons. The first-order chi connectivity index (χ1) is 8.58. The molecule has 0 aliphatic rings. The molecule has 0 fully saturated rings. The molecule has 0 bridgehead atoms. The maximum Gasteiger partial charge on any atom is 0.269 e. The summed E-state index contributed by atoms with van der Waals surface area (Å²) in [6.45, 7) is 0. The van der Waals surface area contributed by atoms with Crippen LogP contribution in [0.15, 0.2) is 28.4 Å². The summed E-state index contributed by atoms with van der Waals surface area (Å²) in [7, 11) is 1.60. The first-order valence-corrected chi connectivity index (χ1v) is 6.63. The molecule has 2 heterocycles. The number of hydrogen-bond acceptors (Lipinski definition) is 4. The maximum atomic E-state index is 11.9. The fourth-order valence-electron chi connectivity index (χ4n) is 1.63. The van der Waals surface area contributed by atoms with Gasteiger partial charge in [0.05, 0.1) is 4.88 Å². The Bertz CT molecular complexity index is 620. The van der Waals surface area contributed by atoms with E-state index in [-0.39, 0.29) is 12.0 Å². The van der Waals surface area contributed by atoms with E-state index in [1.807, 2.05) is 17.5 Å². The van der Waals surface area contributed by atoms with Crippen LogP contribution < -0.4 is 5.56 Å². The molecule has 18 heavy (non-hydrogen) atoms. The Kier molecular flexibility index (Phi) is 3.93. The second kappa shape index (κ2) is 5.46. The van der Waals surface area contributed by atoms with Crippen molar-refractivity contribution in [2.75, 3.05) is 0 Å². The second-order valence-corrected chi connectivity index (χ2v) is 5.19. The summed E-state index contributed by atoms with van der Waals surface area (Å²) in [6.07, 6.45) is 0.501. The van der Waals surface area contributed by atoms with Crippen LogP contribution in [0.1, 0.15) is 12.0 Å². The lowest BCUT2D eigenvalue weighted by Crippen LogP contribution is -2.24. The lowest BCUT2D eigenvalue weighted by atomic mass is 10.1. The third kappa shape index (κ3) is 2.86. The molecule has 0 aromatic carbocycles. The predicted molar refractivity (Wildman–Crippen MR) is 72.0 cm³/mol. The molecule has 2 aromatic heterocycles. The van der Waals surface area contributed by atoms with E-state index >= 15 is 0 Å². The average Bonchev–Trinajstić information content (AvgIpc) is 2.84. The number of halogens is 1. The summed E-state index contributed by atoms with van der Waals surface area (Å²) in [6, 6.07) is 5.59. The fraction of sp³-hybridized carbons (Fsp3) is 0.250. The van der Waals surface area contributed by atoms with Crippen LogP contribution in [0.5, 0.6) is 0 Å². The van der Waals surface area contributed by atoms with Crippen LogP contribution in [-0.2, 0) is 18.3 Å². The molecule has 0 amide bonds. The van der Waals surface area contributed by atoms with Gasteiger partial charge >= 0.3 is 0 Å². The highest BCUT2D eigenvalue weighted by Gasteiger charge is 2.09. The van der Waals surface area contributed by atoms with Gasteiger partial charge in [0.15, 0.2) is 0 Å². The standard InChI is InChI=1S/C12H11ClN2O2S/c1-15-12(17)8(4-5-11(13)16)7-9(14-15)10-3-2-6-18-10/h2-3,6-7H,4-5H2,1H3. The number of nitrogens with zero attached hydrogens (tertiary/aromatic N) is 2. The molecule has 0 aliphatic carbocycles. The highest BCUT2D eigenvalue weighted by atomic mass is 35.5. The van der Waals surface area contributed by atoms with Gasteiger partial charge in [-0.2, -0.15) is 5.10 Å². The summed E-state index contributed by atoms with van der Waals surface area (Å²) in [5.74, 6) is 0. The Labute approximate surface area is 113 Å². The minimum absolute atomic E-state index is 0.157. The average molecular weight is 283 g/mol. The van der Waals surface area contributed by atoms with Gasteiger partial charge in [0.2, 0.25) is 5.24 Å². The molecule has 0 saturated carbocycles. The minimum Gasteiger partial charge on any atom is -0.281 e. The van der Waals surface area contributed by atoms with E-state index < -0.39 is 5.24 Å². The van der Waals surface area contributed by atoms with Crippen molar-refractivity contribution in [2.24, 2.45) is 7.05 Å². The number of carbonyl (C=O) groups excluding carboxylic acids is 1. The van der Waals surface area contributed by atoms with Crippen LogP contribution in [0.25, 0.3) is 10.6 Å². The summed E-state index contributed by atoms with van der Waals surface area (Å²) in [5.41, 5.74) is 1.11. The van der Waals surface area contributed by atoms with Gasteiger partial charge < -0.3 is 0 Å². The molecule has 94 valence electrons. The Morgan fingerprint density at radius 3 is 2.94 bits per heavy atom. The number of thiophene rings is 1. The molecule has 0 atom stereocenters. The van der Waals surface area contributed by atoms with Crippen LogP contribution in [-0.4, -0.2) is 15.0 Å². The van der Waals surface area contributed by atoms with Crippen LogP contribution in [0.3, 0.4) is 0 Å². The Hall–Kier alpha value is -1.46. The zero-order valence-corrected chi connectivity index (χ0v) is 11.3. The number of aromatic nitrogens is 2. The zero-order valence-electron chi connectivity index (χ0n) is 9.72. The molecule has 0 N–H and O–H groups in total. The molecular weight excluding hydrogens is 272 g/mol. The number of rotatable bonds is 4. The van der Waals surface area contributed by atoms with Gasteiger partial charge in [-0.3, -0.25) is 9.59 Å². The van der Waals surface area contributed by atoms with Crippen LogP contribution in [0.4, 0.5) is 0 Å². The smallest absolute Gasteiger partial charge is 0.269 e. The maximum absolute atomic E-state index is 11.9. The molecule has 0 spiro atoms. The molecule has 0 saturated heterocycles. The topological polar surface area (TPSA) is 52.0 Å². The van der Waals surface area contributed by atoms with Gasteiger partial charge in [-0.25, -0.2) is 4.68 Å². The first kappa shape index (κ1) is 13.0. The van der Waals surface area contributed by atoms with Crippen LogP contribution in [0.2, 0.25) is 0 Å². The van der Waals surface area contributed by atoms with Crippen molar-refractivity contribution in [2.45, 2.75) is 12.8 Å². The van der Waals surface area contributed by atoms with Gasteiger partial charge in [-0.15, -0.1) is 11.3 Å². The van der Waals surface area contributed by atoms with E-state index in [0.717, 1.165) is 10.6 Å².